The average molecular weight is 301 g/mol. The molecule has 0 radical (unpaired) electrons. The van der Waals surface area contributed by atoms with E-state index in [0.29, 0.717) is 18.2 Å². The molecule has 2 heterocycles. The Morgan fingerprint density at radius 1 is 1.41 bits per heavy atom. The van der Waals surface area contributed by atoms with E-state index in [4.69, 9.17) is 4.74 Å². The molecule has 0 aliphatic carbocycles. The highest BCUT2D eigenvalue weighted by Crippen LogP contribution is 2.26. The summed E-state index contributed by atoms with van der Waals surface area (Å²) in [6.07, 6.45) is 2.54. The highest BCUT2D eigenvalue weighted by molar-refractivity contribution is 5.88. The zero-order valence-electron chi connectivity index (χ0n) is 12.5. The van der Waals surface area contributed by atoms with Crippen molar-refractivity contribution in [3.8, 4) is 11.5 Å². The van der Waals surface area contributed by atoms with Crippen molar-refractivity contribution in [2.45, 2.75) is 13.0 Å². The highest BCUT2D eigenvalue weighted by atomic mass is 16.5. The summed E-state index contributed by atoms with van der Waals surface area (Å²) in [6.45, 7) is 2.61. The van der Waals surface area contributed by atoms with Gasteiger partial charge in [0.1, 0.15) is 5.75 Å². The van der Waals surface area contributed by atoms with Crippen LogP contribution in [0.15, 0.2) is 36.5 Å². The van der Waals surface area contributed by atoms with Gasteiger partial charge >= 0.3 is 5.97 Å². The van der Waals surface area contributed by atoms with Crippen LogP contribution in [-0.2, 0) is 6.54 Å². The number of carboxylic acids is 1. The number of benzene rings is 1. The van der Waals surface area contributed by atoms with Crippen molar-refractivity contribution in [2.24, 2.45) is 5.92 Å². The first-order valence-corrected chi connectivity index (χ1v) is 7.34. The van der Waals surface area contributed by atoms with Gasteiger partial charge in [-0.3, -0.25) is 4.68 Å². The van der Waals surface area contributed by atoms with Crippen molar-refractivity contribution in [1.82, 2.24) is 14.7 Å². The molecule has 116 valence electrons. The van der Waals surface area contributed by atoms with E-state index in [2.05, 4.69) is 17.0 Å². The number of carboxylic acid groups (broad SMARTS) is 1. The summed E-state index contributed by atoms with van der Waals surface area (Å²) < 4.78 is 7.21. The molecule has 2 aromatic rings. The lowest BCUT2D eigenvalue weighted by Gasteiger charge is -2.12. The second kappa shape index (κ2) is 6.19. The predicted octanol–water partition coefficient (Wildman–Crippen LogP) is 2.33. The van der Waals surface area contributed by atoms with Crippen LogP contribution in [0.25, 0.3) is 0 Å². The van der Waals surface area contributed by atoms with E-state index >= 15 is 0 Å². The van der Waals surface area contributed by atoms with Crippen LogP contribution in [0.4, 0.5) is 0 Å². The van der Waals surface area contributed by atoms with Crippen LogP contribution in [0.2, 0.25) is 0 Å². The molecule has 3 rings (SSSR count). The summed E-state index contributed by atoms with van der Waals surface area (Å²) in [7, 11) is 2.07. The van der Waals surface area contributed by atoms with Crippen LogP contribution in [-0.4, -0.2) is 45.9 Å². The second-order valence-electron chi connectivity index (χ2n) is 5.68. The van der Waals surface area contributed by atoms with Crippen molar-refractivity contribution in [2.75, 3.05) is 20.1 Å². The Labute approximate surface area is 128 Å². The summed E-state index contributed by atoms with van der Waals surface area (Å²) in [5.41, 5.74) is 0.110. The van der Waals surface area contributed by atoms with E-state index in [-0.39, 0.29) is 11.4 Å². The van der Waals surface area contributed by atoms with Crippen molar-refractivity contribution in [3.05, 3.63) is 42.2 Å². The monoisotopic (exact) mass is 301 g/mol. The number of para-hydroxylation sites is 1. The zero-order chi connectivity index (χ0) is 15.5. The molecule has 0 bridgehead atoms. The van der Waals surface area contributed by atoms with E-state index in [0.717, 1.165) is 19.5 Å². The van der Waals surface area contributed by atoms with Crippen molar-refractivity contribution < 1.29 is 14.6 Å². The quantitative estimate of drug-likeness (QED) is 0.918. The Kier molecular flexibility index (Phi) is 4.11. The molecule has 1 atom stereocenters. The summed E-state index contributed by atoms with van der Waals surface area (Å²) in [5.74, 6) is 0.289. The fraction of sp³-hybridized carbons (Fsp3) is 0.375. The lowest BCUT2D eigenvalue weighted by molar-refractivity contribution is 0.0679. The summed E-state index contributed by atoms with van der Waals surface area (Å²) in [4.78, 5) is 13.8. The molecule has 6 nitrogen and oxygen atoms in total. The van der Waals surface area contributed by atoms with Crippen LogP contribution in [0.5, 0.6) is 11.5 Å². The van der Waals surface area contributed by atoms with Gasteiger partial charge in [0.25, 0.3) is 0 Å². The smallest absolute Gasteiger partial charge is 0.358 e. The van der Waals surface area contributed by atoms with Gasteiger partial charge in [-0.05, 0) is 38.1 Å². The minimum absolute atomic E-state index is 0.110. The van der Waals surface area contributed by atoms with E-state index in [9.17, 15) is 9.90 Å². The minimum atomic E-state index is -1.02. The molecular formula is C16H19N3O3. The minimum Gasteiger partial charge on any atom is -0.476 e. The first kappa shape index (κ1) is 14.6. The number of aromatic nitrogens is 2. The van der Waals surface area contributed by atoms with Crippen molar-refractivity contribution >= 4 is 5.97 Å². The molecule has 6 heteroatoms. The van der Waals surface area contributed by atoms with Gasteiger partial charge in [-0.1, -0.05) is 18.2 Å². The maximum absolute atomic E-state index is 11.6. The second-order valence-corrected chi connectivity index (χ2v) is 5.68. The van der Waals surface area contributed by atoms with Gasteiger partial charge in [0.15, 0.2) is 11.4 Å². The molecule has 1 aliphatic heterocycles. The van der Waals surface area contributed by atoms with Gasteiger partial charge in [-0.25, -0.2) is 4.79 Å². The number of hydrogen-bond acceptors (Lipinski definition) is 4. The molecule has 1 aromatic carbocycles. The number of nitrogens with zero attached hydrogens (tertiary/aromatic N) is 3. The Hall–Kier alpha value is -2.34. The number of carbonyl (C=O) groups is 1. The summed E-state index contributed by atoms with van der Waals surface area (Å²) in [5, 5.41) is 13.7. The number of hydrogen-bond donors (Lipinski definition) is 1. The Morgan fingerprint density at radius 2 is 2.18 bits per heavy atom. The van der Waals surface area contributed by atoms with Crippen molar-refractivity contribution in [3.63, 3.8) is 0 Å². The van der Waals surface area contributed by atoms with E-state index in [1.807, 2.05) is 18.2 Å². The fourth-order valence-electron chi connectivity index (χ4n) is 2.83. The topological polar surface area (TPSA) is 67.6 Å². The Morgan fingerprint density at radius 3 is 2.82 bits per heavy atom. The maximum Gasteiger partial charge on any atom is 0.358 e. The third-order valence-corrected chi connectivity index (χ3v) is 3.90. The number of ether oxygens (including phenoxy) is 1. The van der Waals surface area contributed by atoms with Gasteiger partial charge in [0, 0.05) is 13.1 Å². The van der Waals surface area contributed by atoms with Gasteiger partial charge in [0.2, 0.25) is 0 Å². The zero-order valence-corrected chi connectivity index (χ0v) is 12.5. The van der Waals surface area contributed by atoms with Crippen LogP contribution in [0.3, 0.4) is 0 Å². The van der Waals surface area contributed by atoms with E-state index in [1.54, 1.807) is 16.8 Å². The molecule has 1 saturated heterocycles. The molecule has 1 aromatic heterocycles. The SMILES string of the molecule is CN1CCC(Cn2ncc(Oc3ccccc3)c2C(=O)O)C1. The molecule has 0 amide bonds. The normalized spacial score (nSPS) is 18.5. The predicted molar refractivity (Wildman–Crippen MR) is 81.3 cm³/mol. The standard InChI is InChI=1S/C16H19N3O3/c1-18-8-7-12(10-18)11-19-15(16(20)21)14(9-17-19)22-13-5-3-2-4-6-13/h2-6,9,12H,7-8,10-11H2,1H3,(H,20,21). The third-order valence-electron chi connectivity index (χ3n) is 3.90. The van der Waals surface area contributed by atoms with E-state index in [1.165, 1.54) is 6.20 Å². The van der Waals surface area contributed by atoms with Gasteiger partial charge < -0.3 is 14.7 Å². The maximum atomic E-state index is 11.6. The van der Waals surface area contributed by atoms with Crippen LogP contribution >= 0.6 is 0 Å². The van der Waals surface area contributed by atoms with E-state index < -0.39 is 5.97 Å². The molecule has 22 heavy (non-hydrogen) atoms. The fourth-order valence-corrected chi connectivity index (χ4v) is 2.83. The highest BCUT2D eigenvalue weighted by Gasteiger charge is 2.25. The molecule has 1 aliphatic rings. The number of likely N-dealkylation sites (tertiary alicyclic amines) is 1. The van der Waals surface area contributed by atoms with Crippen LogP contribution in [0, 0.1) is 5.92 Å². The average Bonchev–Trinajstić information content (AvgIpc) is 3.07. The molecular weight excluding hydrogens is 282 g/mol. The first-order chi connectivity index (χ1) is 10.6. The summed E-state index contributed by atoms with van der Waals surface area (Å²) >= 11 is 0. The van der Waals surface area contributed by atoms with Crippen molar-refractivity contribution in [1.29, 1.82) is 0 Å². The largest absolute Gasteiger partial charge is 0.476 e. The lowest BCUT2D eigenvalue weighted by Crippen LogP contribution is -2.20. The van der Waals surface area contributed by atoms with Gasteiger partial charge in [-0.15, -0.1) is 0 Å². The van der Waals surface area contributed by atoms with Gasteiger partial charge in [0.05, 0.1) is 6.20 Å². The molecule has 1 fully saturated rings. The molecule has 1 N–H and O–H groups in total. The third kappa shape index (κ3) is 3.12. The van der Waals surface area contributed by atoms with Crippen LogP contribution in [0.1, 0.15) is 16.9 Å². The molecule has 1 unspecified atom stereocenters. The number of rotatable bonds is 5. The Bertz CT molecular complexity index is 654. The molecule has 0 saturated carbocycles. The Balaban J connectivity index is 1.81. The van der Waals surface area contributed by atoms with Gasteiger partial charge in [-0.2, -0.15) is 5.10 Å². The lowest BCUT2D eigenvalue weighted by atomic mass is 10.1. The van der Waals surface area contributed by atoms with Crippen LogP contribution < -0.4 is 4.74 Å². The number of aromatic carboxylic acids is 1. The summed E-state index contributed by atoms with van der Waals surface area (Å²) in [6, 6.07) is 9.14. The molecule has 0 spiro atoms. The first-order valence-electron chi connectivity index (χ1n) is 7.34.